The molecule has 0 saturated heterocycles. The Kier molecular flexibility index (Phi) is 4.94. The molecule has 5 heterocycles. The third kappa shape index (κ3) is 3.23. The Bertz CT molecular complexity index is 2760. The molecule has 0 amide bonds. The van der Waals surface area contributed by atoms with Gasteiger partial charge in [-0.05, 0) is 77.1 Å². The summed E-state index contributed by atoms with van der Waals surface area (Å²) in [5.74, 6) is 0. The van der Waals surface area contributed by atoms with Crippen LogP contribution in [0.3, 0.4) is 0 Å². The first-order chi connectivity index (χ1) is 24.6. The Morgan fingerprint density at radius 2 is 0.840 bits per heavy atom. The molecule has 0 fully saturated rings. The fraction of sp³-hybridized carbons (Fsp3) is 0.0455. The van der Waals surface area contributed by atoms with Crippen molar-refractivity contribution in [3.8, 4) is 0 Å². The molecule has 0 unspecified atom stereocenters. The van der Waals surface area contributed by atoms with Crippen LogP contribution in [0.5, 0.6) is 0 Å². The molecule has 4 nitrogen and oxygen atoms in total. The Hall–Kier alpha value is -5.98. The Morgan fingerprint density at radius 1 is 0.420 bits per heavy atom. The molecule has 3 aliphatic heterocycles. The zero-order valence-electron chi connectivity index (χ0n) is 27.6. The topological polar surface area (TPSA) is 32.8 Å². The van der Waals surface area contributed by atoms with Gasteiger partial charge in [0.05, 0.1) is 0 Å². The van der Waals surface area contributed by atoms with Gasteiger partial charge in [-0.2, -0.15) is 0 Å². The molecule has 7 aromatic carbocycles. The van der Waals surface area contributed by atoms with Crippen molar-refractivity contribution in [2.45, 2.75) is 13.1 Å². The molecule has 0 radical (unpaired) electrons. The summed E-state index contributed by atoms with van der Waals surface area (Å²) < 4.78 is 12.9. The Balaban J connectivity index is 1.16. The molecular weight excluding hydrogens is 627 g/mol. The summed E-state index contributed by atoms with van der Waals surface area (Å²) in [4.78, 5) is 4.98. The highest BCUT2D eigenvalue weighted by molar-refractivity contribution is 7.16. The van der Waals surface area contributed by atoms with Gasteiger partial charge in [-0.1, -0.05) is 90.2 Å². The summed E-state index contributed by atoms with van der Waals surface area (Å²) in [7, 11) is -2.09. The van der Waals surface area contributed by atoms with Gasteiger partial charge in [0.1, 0.15) is 30.4 Å². The maximum Gasteiger partial charge on any atom is 0.251 e. The lowest BCUT2D eigenvalue weighted by Gasteiger charge is -2.49. The third-order valence-corrected chi connectivity index (χ3v) is 15.2. The van der Waals surface area contributed by atoms with Crippen molar-refractivity contribution in [2.24, 2.45) is 0 Å². The van der Waals surface area contributed by atoms with Gasteiger partial charge >= 0.3 is 0 Å². The maximum absolute atomic E-state index is 6.44. The number of hydrogen-bond acceptors (Lipinski definition) is 4. The summed E-state index contributed by atoms with van der Waals surface area (Å²) in [6.07, 6.45) is 0. The van der Waals surface area contributed by atoms with E-state index in [1.165, 1.54) is 49.5 Å². The van der Waals surface area contributed by atoms with E-state index in [-0.39, 0.29) is 6.71 Å². The molecule has 0 atom stereocenters. The molecule has 0 aliphatic carbocycles. The van der Waals surface area contributed by atoms with Crippen LogP contribution in [0.2, 0.25) is 13.1 Å². The molecule has 234 valence electrons. The first kappa shape index (κ1) is 26.9. The second-order valence-corrected chi connectivity index (χ2v) is 18.8. The van der Waals surface area contributed by atoms with Crippen molar-refractivity contribution >= 4 is 120 Å². The molecule has 12 rings (SSSR count). The fourth-order valence-electron chi connectivity index (χ4n) is 9.52. The summed E-state index contributed by atoms with van der Waals surface area (Å²) in [5.41, 5.74) is 15.1. The molecule has 0 N–H and O–H groups in total. The predicted molar refractivity (Wildman–Crippen MR) is 212 cm³/mol. The Morgan fingerprint density at radius 3 is 1.34 bits per heavy atom. The van der Waals surface area contributed by atoms with Gasteiger partial charge in [-0.25, -0.2) is 0 Å². The number of benzene rings is 7. The minimum atomic E-state index is -2.09. The van der Waals surface area contributed by atoms with Gasteiger partial charge in [-0.3, -0.25) is 0 Å². The second kappa shape index (κ2) is 9.17. The van der Waals surface area contributed by atoms with Crippen LogP contribution in [0.15, 0.2) is 148 Å². The summed E-state index contributed by atoms with van der Waals surface area (Å²) in [5, 5.41) is 7.63. The van der Waals surface area contributed by atoms with E-state index in [4.69, 9.17) is 8.83 Å². The van der Waals surface area contributed by atoms with E-state index in [9.17, 15) is 0 Å². The molecule has 2 aromatic heterocycles. The zero-order valence-corrected chi connectivity index (χ0v) is 28.6. The number of fused-ring (bicyclic) bond motifs is 6. The van der Waals surface area contributed by atoms with Crippen LogP contribution >= 0.6 is 0 Å². The number of hydrogen-bond donors (Lipinski definition) is 0. The van der Waals surface area contributed by atoms with Crippen LogP contribution < -0.4 is 36.6 Å². The van der Waals surface area contributed by atoms with Crippen molar-refractivity contribution < 1.29 is 8.83 Å². The van der Waals surface area contributed by atoms with E-state index in [2.05, 4.69) is 150 Å². The van der Waals surface area contributed by atoms with Crippen LogP contribution in [-0.4, -0.2) is 14.8 Å². The first-order valence-corrected chi connectivity index (χ1v) is 20.4. The van der Waals surface area contributed by atoms with Crippen molar-refractivity contribution in [2.75, 3.05) is 9.80 Å². The molecule has 3 aliphatic rings. The number of anilines is 6. The van der Waals surface area contributed by atoms with E-state index in [0.29, 0.717) is 0 Å². The van der Waals surface area contributed by atoms with E-state index < -0.39 is 8.07 Å². The highest BCUT2D eigenvalue weighted by atomic mass is 28.3. The zero-order chi connectivity index (χ0) is 32.9. The van der Waals surface area contributed by atoms with Gasteiger partial charge < -0.3 is 18.6 Å². The monoisotopic (exact) mass is 656 g/mol. The van der Waals surface area contributed by atoms with Crippen LogP contribution in [0, 0.1) is 0 Å². The van der Waals surface area contributed by atoms with Crippen molar-refractivity contribution in [1.82, 2.24) is 0 Å². The lowest BCUT2D eigenvalue weighted by molar-refractivity contribution is 0.668. The molecule has 0 spiro atoms. The largest absolute Gasteiger partial charge is 0.456 e. The number of furan rings is 2. The molecular formula is C44H29BN2O2Si. The minimum absolute atomic E-state index is 0.150. The standard InChI is InChI=1S/C44H29BN2O2Si/c1-50(2)40-18-8-14-34-43(40)45-42-32(46(34)26-20-22-30-28-10-3-5-16-36(28)48-38(30)24-26)12-7-13-33(42)47(35-15-9-19-41(50)44(35)45)27-21-23-31-29-11-4-6-17-37(29)49-39(31)25-27/h3-25H,1-2H3. The van der Waals surface area contributed by atoms with Crippen molar-refractivity contribution in [3.05, 3.63) is 140 Å². The summed E-state index contributed by atoms with van der Waals surface area (Å²) >= 11 is 0. The lowest BCUT2D eigenvalue weighted by Crippen LogP contribution is -2.79. The Labute approximate surface area is 289 Å². The fourth-order valence-corrected chi connectivity index (χ4v) is 12.7. The van der Waals surface area contributed by atoms with E-state index >= 15 is 0 Å². The first-order valence-electron chi connectivity index (χ1n) is 17.4. The van der Waals surface area contributed by atoms with Gasteiger partial charge in [0.2, 0.25) is 0 Å². The molecule has 0 bridgehead atoms. The molecule has 50 heavy (non-hydrogen) atoms. The smallest absolute Gasteiger partial charge is 0.251 e. The second-order valence-electron chi connectivity index (χ2n) is 14.5. The maximum atomic E-state index is 6.44. The summed E-state index contributed by atoms with van der Waals surface area (Å²) in [6, 6.07) is 51.0. The van der Waals surface area contributed by atoms with Crippen molar-refractivity contribution in [1.29, 1.82) is 0 Å². The predicted octanol–water partition coefficient (Wildman–Crippen LogP) is 8.70. The van der Waals surface area contributed by atoms with Crippen LogP contribution in [0.25, 0.3) is 43.9 Å². The minimum Gasteiger partial charge on any atom is -0.456 e. The van der Waals surface area contributed by atoms with E-state index in [1.807, 2.05) is 12.1 Å². The van der Waals surface area contributed by atoms with Crippen LogP contribution in [0.4, 0.5) is 34.1 Å². The number of nitrogens with zero attached hydrogens (tertiary/aromatic N) is 2. The van der Waals surface area contributed by atoms with Crippen molar-refractivity contribution in [3.63, 3.8) is 0 Å². The van der Waals surface area contributed by atoms with Gasteiger partial charge in [0.25, 0.3) is 6.71 Å². The SMILES string of the molecule is C[Si]1(C)c2cccc3c2B2c4c(cccc4N(c4ccc5c(c4)oc4ccccc45)c4cccc1c42)N3c1ccc2c(c1)oc1ccccc12. The molecule has 0 saturated carbocycles. The molecule has 9 aromatic rings. The third-order valence-electron chi connectivity index (χ3n) is 11.6. The van der Waals surface area contributed by atoms with Gasteiger partial charge in [0.15, 0.2) is 0 Å². The number of para-hydroxylation sites is 2. The van der Waals surface area contributed by atoms with E-state index in [0.717, 1.165) is 55.3 Å². The normalized spacial score (nSPS) is 15.0. The highest BCUT2D eigenvalue weighted by Crippen LogP contribution is 2.46. The average Bonchev–Trinajstić information content (AvgIpc) is 3.71. The van der Waals surface area contributed by atoms with Gasteiger partial charge in [-0.15, -0.1) is 0 Å². The average molecular weight is 657 g/mol. The quantitative estimate of drug-likeness (QED) is 0.174. The van der Waals surface area contributed by atoms with Crippen LogP contribution in [0.1, 0.15) is 0 Å². The van der Waals surface area contributed by atoms with Crippen LogP contribution in [-0.2, 0) is 0 Å². The van der Waals surface area contributed by atoms with E-state index in [1.54, 1.807) is 0 Å². The molecule has 6 heteroatoms. The van der Waals surface area contributed by atoms with Gasteiger partial charge in [0, 0.05) is 67.8 Å². The highest BCUT2D eigenvalue weighted by Gasteiger charge is 2.51. The summed E-state index contributed by atoms with van der Waals surface area (Å²) in [6.45, 7) is 5.21. The number of rotatable bonds is 2. The lowest BCUT2D eigenvalue weighted by atomic mass is 9.33.